The third kappa shape index (κ3) is 2.93. The largest absolute Gasteiger partial charge is 0.456 e. The van der Waals surface area contributed by atoms with Gasteiger partial charge in [0.15, 0.2) is 0 Å². The van der Waals surface area contributed by atoms with Crippen LogP contribution in [0.5, 0.6) is 0 Å². The second-order valence-electron chi connectivity index (χ2n) is 10.5. The predicted molar refractivity (Wildman–Crippen MR) is 169 cm³/mol. The van der Waals surface area contributed by atoms with Crippen LogP contribution in [0.25, 0.3) is 82.1 Å². The highest BCUT2D eigenvalue weighted by Gasteiger charge is 2.18. The van der Waals surface area contributed by atoms with Gasteiger partial charge in [-0.2, -0.15) is 0 Å². The maximum atomic E-state index is 6.27. The molecule has 0 saturated carbocycles. The first-order chi connectivity index (χ1) is 19.8. The summed E-state index contributed by atoms with van der Waals surface area (Å²) in [6.07, 6.45) is 0. The van der Waals surface area contributed by atoms with E-state index in [0.717, 1.165) is 21.9 Å². The van der Waals surface area contributed by atoms with Gasteiger partial charge in [-0.25, -0.2) is 0 Å². The summed E-state index contributed by atoms with van der Waals surface area (Å²) in [5.74, 6) is 0. The second kappa shape index (κ2) is 8.08. The van der Waals surface area contributed by atoms with E-state index in [4.69, 9.17) is 4.42 Å². The van der Waals surface area contributed by atoms with Crippen molar-refractivity contribution in [2.75, 3.05) is 0 Å². The van der Waals surface area contributed by atoms with E-state index < -0.39 is 0 Å². The van der Waals surface area contributed by atoms with E-state index in [1.807, 2.05) is 12.1 Å². The van der Waals surface area contributed by atoms with Crippen LogP contribution in [0.4, 0.5) is 0 Å². The molecule has 2 nitrogen and oxygen atoms in total. The molecule has 2 aromatic heterocycles. The lowest BCUT2D eigenvalue weighted by Crippen LogP contribution is -1.93. The highest BCUT2D eigenvalue weighted by Crippen LogP contribution is 2.43. The number of hydrogen-bond acceptors (Lipinski definition) is 1. The number of aromatic nitrogens is 1. The topological polar surface area (TPSA) is 18.1 Å². The molecule has 0 saturated heterocycles. The van der Waals surface area contributed by atoms with Crippen molar-refractivity contribution in [2.24, 2.45) is 0 Å². The number of fused-ring (bicyclic) bond motifs is 9. The highest BCUT2D eigenvalue weighted by molar-refractivity contribution is 6.23. The molecular formula is C38H23NO. The van der Waals surface area contributed by atoms with Crippen molar-refractivity contribution < 1.29 is 4.42 Å². The van der Waals surface area contributed by atoms with Crippen LogP contribution >= 0.6 is 0 Å². The van der Waals surface area contributed by atoms with Gasteiger partial charge in [0, 0.05) is 27.2 Å². The molecule has 0 unspecified atom stereocenters. The minimum Gasteiger partial charge on any atom is -0.456 e. The third-order valence-corrected chi connectivity index (χ3v) is 8.36. The molecule has 0 bridgehead atoms. The molecule has 0 aliphatic rings. The minimum absolute atomic E-state index is 0.927. The Labute approximate surface area is 230 Å². The molecule has 0 aliphatic carbocycles. The molecule has 186 valence electrons. The van der Waals surface area contributed by atoms with Gasteiger partial charge in [0.1, 0.15) is 11.2 Å². The first-order valence-electron chi connectivity index (χ1n) is 13.7. The van der Waals surface area contributed by atoms with E-state index in [0.29, 0.717) is 0 Å². The molecule has 9 aromatic rings. The average molecular weight is 510 g/mol. The Kier molecular flexibility index (Phi) is 4.36. The Bertz CT molecular complexity index is 2420. The number of furan rings is 1. The van der Waals surface area contributed by atoms with Gasteiger partial charge in [-0.1, -0.05) is 91.0 Å². The van der Waals surface area contributed by atoms with Gasteiger partial charge < -0.3 is 8.98 Å². The molecule has 0 spiro atoms. The Morgan fingerprint density at radius 2 is 1.10 bits per heavy atom. The molecule has 2 heterocycles. The molecule has 9 rings (SSSR count). The van der Waals surface area contributed by atoms with Crippen molar-refractivity contribution >= 4 is 65.3 Å². The standard InChI is InChI=1S/C38H23NO/c1-2-11-25(12-3-1)39-34-18-8-6-16-30(34)38-29(17-10-19-35(38)39)32-21-24-22-33-28-15-7-9-20-36(28)40-37(33)23-31(24)26-13-4-5-14-27(26)32/h1-23H. The van der Waals surface area contributed by atoms with Crippen LogP contribution in [0, 0.1) is 0 Å². The van der Waals surface area contributed by atoms with Crippen molar-refractivity contribution in [2.45, 2.75) is 0 Å². The van der Waals surface area contributed by atoms with Gasteiger partial charge in [-0.05, 0) is 81.2 Å². The van der Waals surface area contributed by atoms with E-state index in [2.05, 4.69) is 132 Å². The van der Waals surface area contributed by atoms with Gasteiger partial charge in [-0.15, -0.1) is 0 Å². The van der Waals surface area contributed by atoms with Gasteiger partial charge in [0.25, 0.3) is 0 Å². The number of hydrogen-bond donors (Lipinski definition) is 0. The molecule has 2 heteroatoms. The van der Waals surface area contributed by atoms with Gasteiger partial charge in [0.05, 0.1) is 11.0 Å². The van der Waals surface area contributed by atoms with Crippen molar-refractivity contribution in [3.05, 3.63) is 140 Å². The van der Waals surface area contributed by atoms with Crippen LogP contribution in [0.2, 0.25) is 0 Å². The Balaban J connectivity index is 1.43. The number of para-hydroxylation sites is 3. The second-order valence-corrected chi connectivity index (χ2v) is 10.5. The first-order valence-corrected chi connectivity index (χ1v) is 13.7. The zero-order chi connectivity index (χ0) is 26.2. The summed E-state index contributed by atoms with van der Waals surface area (Å²) in [5.41, 5.74) is 7.95. The summed E-state index contributed by atoms with van der Waals surface area (Å²) in [6, 6.07) is 50.1. The summed E-state index contributed by atoms with van der Waals surface area (Å²) in [7, 11) is 0. The monoisotopic (exact) mass is 509 g/mol. The third-order valence-electron chi connectivity index (χ3n) is 8.36. The van der Waals surface area contributed by atoms with Crippen molar-refractivity contribution in [3.63, 3.8) is 0 Å². The fraction of sp³-hybridized carbons (Fsp3) is 0. The Morgan fingerprint density at radius 1 is 0.400 bits per heavy atom. The first kappa shape index (κ1) is 21.6. The highest BCUT2D eigenvalue weighted by atomic mass is 16.3. The predicted octanol–water partition coefficient (Wildman–Crippen LogP) is 10.7. The Morgan fingerprint density at radius 3 is 1.98 bits per heavy atom. The van der Waals surface area contributed by atoms with Crippen LogP contribution in [0.15, 0.2) is 144 Å². The lowest BCUT2D eigenvalue weighted by molar-refractivity contribution is 0.669. The van der Waals surface area contributed by atoms with E-state index in [-0.39, 0.29) is 0 Å². The normalized spacial score (nSPS) is 12.0. The number of nitrogens with zero attached hydrogens (tertiary/aromatic N) is 1. The lowest BCUT2D eigenvalue weighted by atomic mass is 9.90. The molecule has 0 N–H and O–H groups in total. The van der Waals surface area contributed by atoms with Gasteiger partial charge in [-0.3, -0.25) is 0 Å². The van der Waals surface area contributed by atoms with Crippen LogP contribution in [0.3, 0.4) is 0 Å². The maximum absolute atomic E-state index is 6.27. The fourth-order valence-electron chi connectivity index (χ4n) is 6.65. The van der Waals surface area contributed by atoms with Gasteiger partial charge >= 0.3 is 0 Å². The quantitative estimate of drug-likeness (QED) is 0.212. The zero-order valence-electron chi connectivity index (χ0n) is 21.6. The summed E-state index contributed by atoms with van der Waals surface area (Å²) < 4.78 is 8.66. The van der Waals surface area contributed by atoms with E-state index in [1.165, 1.54) is 60.2 Å². The molecule has 0 radical (unpaired) electrons. The molecule has 40 heavy (non-hydrogen) atoms. The SMILES string of the molecule is c1ccc(-n2c3ccccc3c3c(-c4cc5cc6c(cc5c5ccccc45)oc4ccccc46)cccc32)cc1. The minimum atomic E-state index is 0.927. The van der Waals surface area contributed by atoms with E-state index >= 15 is 0 Å². The molecule has 0 amide bonds. The van der Waals surface area contributed by atoms with Crippen LogP contribution < -0.4 is 0 Å². The molecular weight excluding hydrogens is 486 g/mol. The van der Waals surface area contributed by atoms with Crippen LogP contribution in [-0.2, 0) is 0 Å². The zero-order valence-corrected chi connectivity index (χ0v) is 21.6. The summed E-state index contributed by atoms with van der Waals surface area (Å²) in [6.45, 7) is 0. The van der Waals surface area contributed by atoms with E-state index in [1.54, 1.807) is 0 Å². The summed E-state index contributed by atoms with van der Waals surface area (Å²) in [4.78, 5) is 0. The Hall–Kier alpha value is -5.34. The van der Waals surface area contributed by atoms with Crippen LogP contribution in [-0.4, -0.2) is 4.57 Å². The molecule has 0 fully saturated rings. The van der Waals surface area contributed by atoms with Gasteiger partial charge in [0.2, 0.25) is 0 Å². The summed E-state index contributed by atoms with van der Waals surface area (Å²) >= 11 is 0. The molecule has 0 atom stereocenters. The molecule has 7 aromatic carbocycles. The van der Waals surface area contributed by atoms with E-state index in [9.17, 15) is 0 Å². The number of benzene rings is 7. The smallest absolute Gasteiger partial charge is 0.136 e. The van der Waals surface area contributed by atoms with Crippen molar-refractivity contribution in [1.82, 2.24) is 4.57 Å². The summed E-state index contributed by atoms with van der Waals surface area (Å²) in [5, 5.41) is 9.76. The van der Waals surface area contributed by atoms with Crippen molar-refractivity contribution in [3.8, 4) is 16.8 Å². The fourth-order valence-corrected chi connectivity index (χ4v) is 6.65. The van der Waals surface area contributed by atoms with Crippen molar-refractivity contribution in [1.29, 1.82) is 0 Å². The lowest BCUT2D eigenvalue weighted by Gasteiger charge is -2.13. The number of rotatable bonds is 2. The average Bonchev–Trinajstić information content (AvgIpc) is 3.55. The van der Waals surface area contributed by atoms with Crippen LogP contribution in [0.1, 0.15) is 0 Å². The molecule has 0 aliphatic heterocycles. The maximum Gasteiger partial charge on any atom is 0.136 e.